The Kier molecular flexibility index (Phi) is 7.10. The molecule has 114 valence electrons. The van der Waals surface area contributed by atoms with E-state index in [0.717, 1.165) is 5.56 Å². The monoisotopic (exact) mass is 312 g/mol. The third-order valence-electron chi connectivity index (χ3n) is 2.42. The number of carbonyl (C=O) groups excluding carboxylic acids is 2. The van der Waals surface area contributed by atoms with Gasteiger partial charge in [0.25, 0.3) is 0 Å². The van der Waals surface area contributed by atoms with Crippen LogP contribution < -0.4 is 10.6 Å². The molecule has 1 aromatic carbocycles. The Morgan fingerprint density at radius 1 is 1.24 bits per heavy atom. The molecule has 0 unspecified atom stereocenters. The number of nitrogens with one attached hydrogen (secondary N) is 2. The number of amides is 2. The number of thiol groups is 1. The van der Waals surface area contributed by atoms with Gasteiger partial charge in [-0.1, -0.05) is 30.3 Å². The summed E-state index contributed by atoms with van der Waals surface area (Å²) in [6.45, 7) is -0.452. The molecule has 0 spiro atoms. The van der Waals surface area contributed by atoms with E-state index in [2.05, 4.69) is 23.3 Å². The average Bonchev–Trinajstić information content (AvgIpc) is 2.49. The van der Waals surface area contributed by atoms with E-state index in [9.17, 15) is 14.4 Å². The van der Waals surface area contributed by atoms with Gasteiger partial charge in [0.15, 0.2) is 0 Å². The summed E-state index contributed by atoms with van der Waals surface area (Å²) >= 11 is 3.93. The van der Waals surface area contributed by atoms with Gasteiger partial charge in [0.2, 0.25) is 5.91 Å². The number of hydrogen-bond acceptors (Lipinski definition) is 5. The van der Waals surface area contributed by atoms with Crippen LogP contribution in [0.1, 0.15) is 5.56 Å². The van der Waals surface area contributed by atoms with E-state index in [1.807, 2.05) is 18.2 Å². The largest absolute Gasteiger partial charge is 0.480 e. The average molecular weight is 312 g/mol. The highest BCUT2D eigenvalue weighted by atomic mass is 32.1. The SMILES string of the molecule is O=C(O)CNC(=O)[C@H](CS)NC(=O)OCc1ccccc1. The second-order valence-corrected chi connectivity index (χ2v) is 4.42. The molecule has 0 bridgehead atoms. The molecule has 0 heterocycles. The number of ether oxygens (including phenoxy) is 1. The highest BCUT2D eigenvalue weighted by Crippen LogP contribution is 2.01. The van der Waals surface area contributed by atoms with Gasteiger partial charge in [0, 0.05) is 5.75 Å². The Morgan fingerprint density at radius 2 is 1.90 bits per heavy atom. The lowest BCUT2D eigenvalue weighted by Crippen LogP contribution is -2.49. The van der Waals surface area contributed by atoms with Gasteiger partial charge in [0.05, 0.1) is 0 Å². The highest BCUT2D eigenvalue weighted by molar-refractivity contribution is 7.80. The summed E-state index contributed by atoms with van der Waals surface area (Å²) in [7, 11) is 0. The number of aliphatic carboxylic acids is 1. The fourth-order valence-electron chi connectivity index (χ4n) is 1.39. The van der Waals surface area contributed by atoms with Crippen LogP contribution in [0.3, 0.4) is 0 Å². The Balaban J connectivity index is 2.40. The van der Waals surface area contributed by atoms with Crippen LogP contribution in [-0.4, -0.2) is 41.4 Å². The van der Waals surface area contributed by atoms with E-state index >= 15 is 0 Å². The number of rotatable bonds is 7. The van der Waals surface area contributed by atoms with Gasteiger partial charge in [-0.05, 0) is 5.56 Å². The first-order chi connectivity index (χ1) is 10.0. The molecule has 21 heavy (non-hydrogen) atoms. The first kappa shape index (κ1) is 16.8. The van der Waals surface area contributed by atoms with Crippen LogP contribution in [0.4, 0.5) is 4.79 Å². The highest BCUT2D eigenvalue weighted by Gasteiger charge is 2.20. The van der Waals surface area contributed by atoms with Crippen LogP contribution in [-0.2, 0) is 20.9 Å². The van der Waals surface area contributed by atoms with Crippen LogP contribution >= 0.6 is 12.6 Å². The minimum Gasteiger partial charge on any atom is -0.480 e. The van der Waals surface area contributed by atoms with Crippen LogP contribution in [0.15, 0.2) is 30.3 Å². The van der Waals surface area contributed by atoms with Gasteiger partial charge in [-0.3, -0.25) is 9.59 Å². The van der Waals surface area contributed by atoms with Gasteiger partial charge in [-0.25, -0.2) is 4.79 Å². The molecule has 1 aromatic rings. The minimum atomic E-state index is -1.17. The van der Waals surface area contributed by atoms with Crippen molar-refractivity contribution in [3.63, 3.8) is 0 Å². The predicted octanol–water partition coefficient (Wildman–Crippen LogP) is 0.412. The standard InChI is InChI=1S/C13H16N2O5S/c16-11(17)6-14-12(18)10(8-21)15-13(19)20-7-9-4-2-1-3-5-9/h1-5,10,21H,6-8H2,(H,14,18)(H,15,19)(H,16,17)/t10-/m0/s1. The smallest absolute Gasteiger partial charge is 0.408 e. The molecule has 0 saturated heterocycles. The zero-order chi connectivity index (χ0) is 15.7. The van der Waals surface area contributed by atoms with Crippen LogP contribution in [0.2, 0.25) is 0 Å². The molecule has 1 rings (SSSR count). The van der Waals surface area contributed by atoms with E-state index < -0.39 is 30.6 Å². The Labute approximate surface area is 127 Å². The van der Waals surface area contributed by atoms with Crippen molar-refractivity contribution in [2.45, 2.75) is 12.6 Å². The maximum Gasteiger partial charge on any atom is 0.408 e. The van der Waals surface area contributed by atoms with E-state index in [1.165, 1.54) is 0 Å². The van der Waals surface area contributed by atoms with Crippen molar-refractivity contribution in [1.82, 2.24) is 10.6 Å². The predicted molar refractivity (Wildman–Crippen MR) is 78.0 cm³/mol. The third kappa shape index (κ3) is 6.66. The normalized spacial score (nSPS) is 11.3. The van der Waals surface area contributed by atoms with Gasteiger partial charge in [-0.2, -0.15) is 12.6 Å². The van der Waals surface area contributed by atoms with Crippen LogP contribution in [0, 0.1) is 0 Å². The van der Waals surface area contributed by atoms with Crippen molar-refractivity contribution < 1.29 is 24.2 Å². The lowest BCUT2D eigenvalue weighted by Gasteiger charge is -2.15. The van der Waals surface area contributed by atoms with Crippen molar-refractivity contribution in [1.29, 1.82) is 0 Å². The Morgan fingerprint density at radius 3 is 2.48 bits per heavy atom. The molecule has 0 fully saturated rings. The quantitative estimate of drug-likeness (QED) is 0.546. The molecular formula is C13H16N2O5S. The fourth-order valence-corrected chi connectivity index (χ4v) is 1.64. The molecule has 0 radical (unpaired) electrons. The minimum absolute atomic E-state index is 0.0197. The number of carboxylic acids is 1. The molecular weight excluding hydrogens is 296 g/mol. The zero-order valence-corrected chi connectivity index (χ0v) is 12.0. The number of benzene rings is 1. The lowest BCUT2D eigenvalue weighted by atomic mass is 10.2. The van der Waals surface area contributed by atoms with Crippen molar-refractivity contribution >= 4 is 30.6 Å². The van der Waals surface area contributed by atoms with Crippen LogP contribution in [0.5, 0.6) is 0 Å². The van der Waals surface area contributed by atoms with Crippen molar-refractivity contribution in [3.8, 4) is 0 Å². The second-order valence-electron chi connectivity index (χ2n) is 4.05. The Hall–Kier alpha value is -2.22. The first-order valence-corrected chi connectivity index (χ1v) is 6.73. The summed E-state index contributed by atoms with van der Waals surface area (Å²) in [6.07, 6.45) is -0.775. The summed E-state index contributed by atoms with van der Waals surface area (Å²) in [4.78, 5) is 33.5. The van der Waals surface area contributed by atoms with E-state index in [0.29, 0.717) is 0 Å². The van der Waals surface area contributed by atoms with E-state index in [-0.39, 0.29) is 12.4 Å². The number of hydrogen-bond donors (Lipinski definition) is 4. The molecule has 8 heteroatoms. The van der Waals surface area contributed by atoms with Gasteiger partial charge in [-0.15, -0.1) is 0 Å². The summed E-state index contributed by atoms with van der Waals surface area (Å²) in [5.74, 6) is -1.79. The van der Waals surface area contributed by atoms with E-state index in [1.54, 1.807) is 12.1 Å². The molecule has 0 aliphatic carbocycles. The third-order valence-corrected chi connectivity index (χ3v) is 2.78. The Bertz CT molecular complexity index is 495. The number of alkyl carbamates (subject to hydrolysis) is 1. The summed E-state index contributed by atoms with van der Waals surface area (Å²) in [5, 5.41) is 12.9. The van der Waals surface area contributed by atoms with E-state index in [4.69, 9.17) is 9.84 Å². The fraction of sp³-hybridized carbons (Fsp3) is 0.308. The summed E-state index contributed by atoms with van der Waals surface area (Å²) in [6, 6.07) is 8.09. The van der Waals surface area contributed by atoms with Crippen molar-refractivity contribution in [2.24, 2.45) is 0 Å². The van der Waals surface area contributed by atoms with Crippen molar-refractivity contribution in [2.75, 3.05) is 12.3 Å². The van der Waals surface area contributed by atoms with Gasteiger partial charge >= 0.3 is 12.1 Å². The first-order valence-electron chi connectivity index (χ1n) is 6.10. The van der Waals surface area contributed by atoms with Gasteiger partial charge < -0.3 is 20.5 Å². The maximum atomic E-state index is 11.6. The molecule has 3 N–H and O–H groups in total. The molecule has 7 nitrogen and oxygen atoms in total. The molecule has 0 aliphatic rings. The zero-order valence-electron chi connectivity index (χ0n) is 11.1. The summed E-state index contributed by atoms with van der Waals surface area (Å²) in [5.41, 5.74) is 0.811. The number of carbonyl (C=O) groups is 3. The maximum absolute atomic E-state index is 11.6. The molecule has 2 amide bonds. The molecule has 0 aromatic heterocycles. The topological polar surface area (TPSA) is 105 Å². The summed E-state index contributed by atoms with van der Waals surface area (Å²) < 4.78 is 4.96. The van der Waals surface area contributed by atoms with Crippen LogP contribution in [0.25, 0.3) is 0 Å². The molecule has 0 saturated carbocycles. The van der Waals surface area contributed by atoms with Gasteiger partial charge in [0.1, 0.15) is 19.2 Å². The molecule has 1 atom stereocenters. The second kappa shape index (κ2) is 8.85. The molecule has 0 aliphatic heterocycles. The lowest BCUT2D eigenvalue weighted by molar-refractivity contribution is -0.138. The number of carboxylic acid groups (broad SMARTS) is 1. The van der Waals surface area contributed by atoms with Crippen molar-refractivity contribution in [3.05, 3.63) is 35.9 Å².